The zero-order chi connectivity index (χ0) is 15.6. The highest BCUT2D eigenvalue weighted by Crippen LogP contribution is 2.37. The topological polar surface area (TPSA) is 32.6 Å². The lowest BCUT2D eigenvalue weighted by molar-refractivity contribution is -0.138. The predicted octanol–water partition coefficient (Wildman–Crippen LogP) is 5.58. The SMILES string of the molecule is Oc1ccc(Cl)cc1C=Nc1ccc(Br)c(C(F)(F)F)c1. The molecular formula is C14H8BrClF3NO. The molecule has 2 rings (SSSR count). The molecule has 0 saturated heterocycles. The second kappa shape index (κ2) is 6.07. The highest BCUT2D eigenvalue weighted by molar-refractivity contribution is 9.10. The van der Waals surface area contributed by atoms with Crippen molar-refractivity contribution in [3.8, 4) is 5.75 Å². The number of phenols is 1. The van der Waals surface area contributed by atoms with Crippen molar-refractivity contribution < 1.29 is 18.3 Å². The molecule has 0 aliphatic carbocycles. The predicted molar refractivity (Wildman–Crippen MR) is 79.5 cm³/mol. The van der Waals surface area contributed by atoms with Gasteiger partial charge in [-0.2, -0.15) is 13.2 Å². The van der Waals surface area contributed by atoms with Crippen LogP contribution in [0.15, 0.2) is 45.9 Å². The summed E-state index contributed by atoms with van der Waals surface area (Å²) < 4.78 is 38.3. The number of benzene rings is 2. The van der Waals surface area contributed by atoms with Crippen molar-refractivity contribution in [1.82, 2.24) is 0 Å². The summed E-state index contributed by atoms with van der Waals surface area (Å²) in [5, 5.41) is 9.99. The van der Waals surface area contributed by atoms with E-state index in [9.17, 15) is 18.3 Å². The first-order chi connectivity index (χ1) is 9.77. The average Bonchev–Trinajstić information content (AvgIpc) is 2.40. The van der Waals surface area contributed by atoms with Crippen LogP contribution in [-0.2, 0) is 6.18 Å². The van der Waals surface area contributed by atoms with Crippen LogP contribution < -0.4 is 0 Å². The monoisotopic (exact) mass is 377 g/mol. The molecule has 1 N–H and O–H groups in total. The Bertz CT molecular complexity index is 701. The third-order valence-electron chi connectivity index (χ3n) is 2.60. The molecule has 7 heteroatoms. The summed E-state index contributed by atoms with van der Waals surface area (Å²) >= 11 is 8.63. The fourth-order valence-corrected chi connectivity index (χ4v) is 2.24. The van der Waals surface area contributed by atoms with Crippen LogP contribution in [0.1, 0.15) is 11.1 Å². The summed E-state index contributed by atoms with van der Waals surface area (Å²) in [5.74, 6) is -0.0590. The molecule has 0 radical (unpaired) electrons. The van der Waals surface area contributed by atoms with Crippen molar-refractivity contribution in [3.63, 3.8) is 0 Å². The van der Waals surface area contributed by atoms with E-state index in [2.05, 4.69) is 20.9 Å². The van der Waals surface area contributed by atoms with Gasteiger partial charge < -0.3 is 5.11 Å². The first-order valence-corrected chi connectivity index (χ1v) is 6.84. The lowest BCUT2D eigenvalue weighted by Crippen LogP contribution is -2.05. The average molecular weight is 379 g/mol. The molecule has 0 aromatic heterocycles. The van der Waals surface area contributed by atoms with E-state index in [0.29, 0.717) is 10.6 Å². The van der Waals surface area contributed by atoms with Crippen LogP contribution in [0.4, 0.5) is 18.9 Å². The maximum absolute atomic E-state index is 12.8. The normalized spacial score (nSPS) is 12.0. The Labute approximate surface area is 132 Å². The van der Waals surface area contributed by atoms with Gasteiger partial charge in [-0.15, -0.1) is 0 Å². The lowest BCUT2D eigenvalue weighted by Gasteiger charge is -2.09. The number of hydrogen-bond acceptors (Lipinski definition) is 2. The smallest absolute Gasteiger partial charge is 0.417 e. The van der Waals surface area contributed by atoms with E-state index in [-0.39, 0.29) is 15.9 Å². The molecule has 0 unspecified atom stereocenters. The second-order valence-corrected chi connectivity index (χ2v) is 5.41. The molecule has 0 amide bonds. The Morgan fingerprint density at radius 2 is 1.86 bits per heavy atom. The summed E-state index contributed by atoms with van der Waals surface area (Å²) in [6.07, 6.45) is -3.22. The Morgan fingerprint density at radius 3 is 2.52 bits per heavy atom. The van der Waals surface area contributed by atoms with Gasteiger partial charge in [-0.05, 0) is 36.4 Å². The maximum atomic E-state index is 12.8. The molecule has 0 aliphatic rings. The second-order valence-electron chi connectivity index (χ2n) is 4.12. The first kappa shape index (κ1) is 15.9. The number of alkyl halides is 3. The fourth-order valence-electron chi connectivity index (χ4n) is 1.58. The quantitative estimate of drug-likeness (QED) is 0.680. The van der Waals surface area contributed by atoms with Crippen molar-refractivity contribution in [2.24, 2.45) is 4.99 Å². The molecule has 0 spiro atoms. The van der Waals surface area contributed by atoms with Crippen LogP contribution >= 0.6 is 27.5 Å². The highest BCUT2D eigenvalue weighted by atomic mass is 79.9. The van der Waals surface area contributed by atoms with Gasteiger partial charge in [0.25, 0.3) is 0 Å². The van der Waals surface area contributed by atoms with Crippen LogP contribution in [-0.4, -0.2) is 11.3 Å². The van der Waals surface area contributed by atoms with Crippen molar-refractivity contribution in [1.29, 1.82) is 0 Å². The van der Waals surface area contributed by atoms with Gasteiger partial charge >= 0.3 is 6.18 Å². The zero-order valence-corrected chi connectivity index (χ0v) is 12.7. The third kappa shape index (κ3) is 3.98. The van der Waals surface area contributed by atoms with Gasteiger partial charge in [-0.1, -0.05) is 27.5 Å². The number of halogens is 5. The molecule has 2 aromatic rings. The third-order valence-corrected chi connectivity index (χ3v) is 3.52. The van der Waals surface area contributed by atoms with E-state index in [0.717, 1.165) is 6.07 Å². The largest absolute Gasteiger partial charge is 0.507 e. The van der Waals surface area contributed by atoms with Crippen molar-refractivity contribution in [3.05, 3.63) is 57.0 Å². The van der Waals surface area contributed by atoms with E-state index in [1.54, 1.807) is 0 Å². The van der Waals surface area contributed by atoms with Crippen LogP contribution in [0.25, 0.3) is 0 Å². The van der Waals surface area contributed by atoms with Crippen molar-refractivity contribution in [2.75, 3.05) is 0 Å². The summed E-state index contributed by atoms with van der Waals surface area (Å²) in [5.41, 5.74) is -0.378. The maximum Gasteiger partial charge on any atom is 0.417 e. The number of nitrogens with zero attached hydrogens (tertiary/aromatic N) is 1. The van der Waals surface area contributed by atoms with Gasteiger partial charge in [0.1, 0.15) is 5.75 Å². The Balaban J connectivity index is 2.36. The van der Waals surface area contributed by atoms with Crippen LogP contribution in [0, 0.1) is 0 Å². The van der Waals surface area contributed by atoms with Gasteiger partial charge in [0.05, 0.1) is 11.3 Å². The molecule has 0 bridgehead atoms. The minimum atomic E-state index is -4.47. The number of rotatable bonds is 2. The van der Waals surface area contributed by atoms with E-state index in [4.69, 9.17) is 11.6 Å². The van der Waals surface area contributed by atoms with Crippen LogP contribution in [0.5, 0.6) is 5.75 Å². The van der Waals surface area contributed by atoms with E-state index < -0.39 is 11.7 Å². The molecule has 110 valence electrons. The molecule has 0 atom stereocenters. The molecule has 2 nitrogen and oxygen atoms in total. The van der Waals surface area contributed by atoms with Gasteiger partial charge in [0.15, 0.2) is 0 Å². The summed E-state index contributed by atoms with van der Waals surface area (Å²) in [4.78, 5) is 3.93. The van der Waals surface area contributed by atoms with E-state index in [1.165, 1.54) is 36.5 Å². The number of aromatic hydroxyl groups is 1. The Hall–Kier alpha value is -1.53. The number of hydrogen-bond donors (Lipinski definition) is 1. The zero-order valence-electron chi connectivity index (χ0n) is 10.3. The van der Waals surface area contributed by atoms with Gasteiger partial charge in [0, 0.05) is 21.3 Å². The molecule has 21 heavy (non-hydrogen) atoms. The van der Waals surface area contributed by atoms with Crippen LogP contribution in [0.3, 0.4) is 0 Å². The van der Waals surface area contributed by atoms with E-state index >= 15 is 0 Å². The van der Waals surface area contributed by atoms with Gasteiger partial charge in [-0.3, -0.25) is 4.99 Å². The summed E-state index contributed by atoms with van der Waals surface area (Å²) in [7, 11) is 0. The first-order valence-electron chi connectivity index (χ1n) is 5.67. The molecule has 0 aliphatic heterocycles. The van der Waals surface area contributed by atoms with Crippen molar-refractivity contribution in [2.45, 2.75) is 6.18 Å². The number of aliphatic imine (C=N–C) groups is 1. The van der Waals surface area contributed by atoms with Crippen molar-refractivity contribution >= 4 is 39.4 Å². The lowest BCUT2D eigenvalue weighted by atomic mass is 10.2. The fraction of sp³-hybridized carbons (Fsp3) is 0.0714. The Morgan fingerprint density at radius 1 is 1.14 bits per heavy atom. The summed E-state index contributed by atoms with van der Waals surface area (Å²) in [6.45, 7) is 0. The van der Waals surface area contributed by atoms with E-state index in [1.807, 2.05) is 0 Å². The van der Waals surface area contributed by atoms with Crippen LogP contribution in [0.2, 0.25) is 5.02 Å². The van der Waals surface area contributed by atoms with Gasteiger partial charge in [0.2, 0.25) is 0 Å². The highest BCUT2D eigenvalue weighted by Gasteiger charge is 2.33. The number of phenolic OH excluding ortho intramolecular Hbond substituents is 1. The minimum absolute atomic E-state index is 0.0560. The minimum Gasteiger partial charge on any atom is -0.507 e. The molecular weight excluding hydrogens is 371 g/mol. The molecule has 0 heterocycles. The molecule has 0 saturated carbocycles. The molecule has 0 fully saturated rings. The summed E-state index contributed by atoms with van der Waals surface area (Å²) in [6, 6.07) is 7.96. The Kier molecular flexibility index (Phi) is 4.58. The molecule has 2 aromatic carbocycles. The van der Waals surface area contributed by atoms with Gasteiger partial charge in [-0.25, -0.2) is 0 Å². The standard InChI is InChI=1S/C14H8BrClF3NO/c15-12-3-2-10(6-11(12)14(17,18)19)20-7-8-5-9(16)1-4-13(8)21/h1-7,21H.